The first kappa shape index (κ1) is 21.1. The quantitative estimate of drug-likeness (QED) is 0.336. The Balaban J connectivity index is 0.00000205. The van der Waals surface area contributed by atoms with E-state index >= 15 is 0 Å². The van der Waals surface area contributed by atoms with Crippen molar-refractivity contribution in [1.82, 2.24) is 0 Å². The minimum atomic E-state index is -1.05. The monoisotopic (exact) mass is 512 g/mol. The first-order valence-electron chi connectivity index (χ1n) is 10.4. The van der Waals surface area contributed by atoms with E-state index in [9.17, 15) is 19.8 Å². The number of nitrogens with zero attached hydrogens (tertiary/aromatic N) is 1. The lowest BCUT2D eigenvalue weighted by molar-refractivity contribution is -0.950. The van der Waals surface area contributed by atoms with Crippen molar-refractivity contribution in [2.75, 3.05) is 20.1 Å². The van der Waals surface area contributed by atoms with Crippen molar-refractivity contribution in [3.8, 4) is 5.75 Å². The first-order valence-corrected chi connectivity index (χ1v) is 10.4. The molecule has 7 heteroatoms. The average molecular weight is 512 g/mol. The lowest BCUT2D eigenvalue weighted by atomic mass is 9.48. The molecule has 5 rings (SSSR count). The normalized spacial score (nSPS) is 37.9. The minimum absolute atomic E-state index is 0. The number of carbonyl (C=O) groups is 2. The maximum absolute atomic E-state index is 12.6. The Morgan fingerprint density at radius 2 is 2.03 bits per heavy atom. The SMILES string of the molecule is C[N+]1(CC2CC2)CC[C@]23CC(=O)CC[C@@]2(O)[C@H]1Cc1ccc(C(N)=O)c(O)c13.[I-]. The molecule has 3 aliphatic carbocycles. The molecule has 1 unspecified atom stereocenters. The van der Waals surface area contributed by atoms with Crippen LogP contribution in [0.5, 0.6) is 5.75 Å². The number of quaternary nitrogens is 1. The van der Waals surface area contributed by atoms with Gasteiger partial charge in [0.25, 0.3) is 5.91 Å². The van der Waals surface area contributed by atoms with Crippen LogP contribution in [-0.4, -0.2) is 58.2 Å². The summed E-state index contributed by atoms with van der Waals surface area (Å²) in [6.07, 6.45) is 4.85. The second kappa shape index (κ2) is 6.65. The zero-order chi connectivity index (χ0) is 19.9. The Kier molecular flexibility index (Phi) is 4.83. The van der Waals surface area contributed by atoms with Crippen LogP contribution in [0.4, 0.5) is 0 Å². The molecule has 29 heavy (non-hydrogen) atoms. The van der Waals surface area contributed by atoms with Crippen LogP contribution in [0, 0.1) is 5.92 Å². The smallest absolute Gasteiger partial charge is 0.252 e. The van der Waals surface area contributed by atoms with Crippen LogP contribution in [0.25, 0.3) is 0 Å². The van der Waals surface area contributed by atoms with Gasteiger partial charge in [0.1, 0.15) is 23.2 Å². The number of halogens is 1. The number of carbonyl (C=O) groups excluding carboxylic acids is 2. The molecule has 4 aliphatic rings. The number of piperidine rings is 1. The highest BCUT2D eigenvalue weighted by Gasteiger charge is 2.70. The maximum Gasteiger partial charge on any atom is 0.252 e. The number of likely N-dealkylation sites (tertiary alicyclic amines) is 1. The Hall–Kier alpha value is -1.19. The van der Waals surface area contributed by atoms with Gasteiger partial charge in [0.15, 0.2) is 0 Å². The van der Waals surface area contributed by atoms with Crippen LogP contribution in [0.15, 0.2) is 12.1 Å². The molecule has 0 spiro atoms. The molecule has 1 aromatic carbocycles. The van der Waals surface area contributed by atoms with Crippen molar-refractivity contribution >= 4 is 11.7 Å². The number of hydrogen-bond acceptors (Lipinski definition) is 4. The lowest BCUT2D eigenvalue weighted by Crippen LogP contribution is -3.00. The van der Waals surface area contributed by atoms with Gasteiger partial charge in [0.05, 0.1) is 25.7 Å². The summed E-state index contributed by atoms with van der Waals surface area (Å²) < 4.78 is 0.828. The molecule has 6 nitrogen and oxygen atoms in total. The van der Waals surface area contributed by atoms with E-state index in [1.165, 1.54) is 12.8 Å². The molecule has 1 aliphatic heterocycles. The third-order valence-corrected chi connectivity index (χ3v) is 8.26. The van der Waals surface area contributed by atoms with Gasteiger partial charge in [-0.25, -0.2) is 0 Å². The predicted octanol–water partition coefficient (Wildman–Crippen LogP) is -1.60. The van der Waals surface area contributed by atoms with Crippen LogP contribution in [-0.2, 0) is 16.6 Å². The number of nitrogens with two attached hydrogens (primary N) is 1. The lowest BCUT2D eigenvalue weighted by Gasteiger charge is -2.65. The second-order valence-electron chi connectivity index (χ2n) is 9.88. The fourth-order valence-electron chi connectivity index (χ4n) is 6.73. The molecule has 1 aromatic rings. The molecule has 1 amide bonds. The van der Waals surface area contributed by atoms with Gasteiger partial charge in [-0.3, -0.25) is 9.59 Å². The van der Waals surface area contributed by atoms with Crippen LogP contribution < -0.4 is 29.7 Å². The van der Waals surface area contributed by atoms with Crippen LogP contribution in [0.3, 0.4) is 0 Å². The Bertz CT molecular complexity index is 901. The van der Waals surface area contributed by atoms with E-state index in [-0.39, 0.29) is 53.5 Å². The van der Waals surface area contributed by atoms with E-state index in [0.29, 0.717) is 31.2 Å². The number of aromatic hydroxyl groups is 1. The van der Waals surface area contributed by atoms with Crippen molar-refractivity contribution in [2.45, 2.75) is 62.0 Å². The molecular formula is C22H29IN2O4. The third kappa shape index (κ3) is 2.80. The highest BCUT2D eigenvalue weighted by molar-refractivity contribution is 5.96. The van der Waals surface area contributed by atoms with Gasteiger partial charge in [0.2, 0.25) is 0 Å². The van der Waals surface area contributed by atoms with E-state index in [0.717, 1.165) is 29.1 Å². The topological polar surface area (TPSA) is 101 Å². The second-order valence-corrected chi connectivity index (χ2v) is 9.88. The van der Waals surface area contributed by atoms with E-state index < -0.39 is 16.9 Å². The highest BCUT2D eigenvalue weighted by Crippen LogP contribution is 2.61. The molecule has 2 bridgehead atoms. The number of benzene rings is 1. The molecule has 0 aromatic heterocycles. The zero-order valence-electron chi connectivity index (χ0n) is 16.8. The van der Waals surface area contributed by atoms with Crippen molar-refractivity contribution < 1.29 is 48.3 Å². The summed E-state index contributed by atoms with van der Waals surface area (Å²) in [5, 5.41) is 23.2. The van der Waals surface area contributed by atoms with Gasteiger partial charge in [-0.1, -0.05) is 6.07 Å². The van der Waals surface area contributed by atoms with Crippen molar-refractivity contribution in [1.29, 1.82) is 0 Å². The van der Waals surface area contributed by atoms with Crippen molar-refractivity contribution in [3.05, 3.63) is 28.8 Å². The fourth-order valence-corrected chi connectivity index (χ4v) is 6.73. The molecule has 1 saturated heterocycles. The van der Waals surface area contributed by atoms with Gasteiger partial charge < -0.3 is 44.4 Å². The summed E-state index contributed by atoms with van der Waals surface area (Å²) in [4.78, 5) is 24.4. The van der Waals surface area contributed by atoms with Gasteiger partial charge in [-0.2, -0.15) is 0 Å². The fraction of sp³-hybridized carbons (Fsp3) is 0.636. The molecule has 0 radical (unpaired) electrons. The summed E-state index contributed by atoms with van der Waals surface area (Å²) in [6.45, 7) is 1.94. The van der Waals surface area contributed by atoms with E-state index in [1.807, 2.05) is 6.07 Å². The van der Waals surface area contributed by atoms with Crippen LogP contribution in [0.2, 0.25) is 0 Å². The molecule has 4 N–H and O–H groups in total. The number of likely N-dealkylation sites (N-methyl/N-ethyl adjacent to an activating group) is 1. The summed E-state index contributed by atoms with van der Waals surface area (Å²) in [6, 6.07) is 3.46. The maximum atomic E-state index is 12.6. The van der Waals surface area contributed by atoms with Gasteiger partial charge in [-0.15, -0.1) is 0 Å². The molecule has 3 fully saturated rings. The summed E-state index contributed by atoms with van der Waals surface area (Å²) >= 11 is 0. The number of amides is 1. The van der Waals surface area contributed by atoms with E-state index in [4.69, 9.17) is 5.73 Å². The Labute approximate surface area is 188 Å². The van der Waals surface area contributed by atoms with Crippen molar-refractivity contribution in [3.63, 3.8) is 0 Å². The van der Waals surface area contributed by atoms with E-state index in [2.05, 4.69) is 7.05 Å². The standard InChI is InChI=1S/C22H28N2O4.HI/c1-24(12-13-2-3-13)9-8-21-11-15(25)6-7-22(21,28)17(24)10-14-4-5-16(20(23)27)19(26)18(14)21;/h4-5,13,17,28H,2-3,6-12H2,1H3,(H2-,23,26,27);1H/t17-,21-,22-,24?;/m1./s1. The number of Topliss-reactive ketones (excluding diaryl/α,β-unsaturated/α-hetero) is 1. The van der Waals surface area contributed by atoms with Crippen LogP contribution in [0.1, 0.15) is 60.0 Å². The molecule has 158 valence electrons. The first-order chi connectivity index (χ1) is 13.2. The minimum Gasteiger partial charge on any atom is -1.00 e. The zero-order valence-corrected chi connectivity index (χ0v) is 18.9. The predicted molar refractivity (Wildman–Crippen MR) is 103 cm³/mol. The van der Waals surface area contributed by atoms with E-state index in [1.54, 1.807) is 6.07 Å². The number of hydrogen-bond donors (Lipinski definition) is 3. The number of aliphatic hydroxyl groups is 1. The van der Waals surface area contributed by atoms with Crippen molar-refractivity contribution in [2.24, 2.45) is 11.7 Å². The number of phenols is 1. The molecule has 2 saturated carbocycles. The average Bonchev–Trinajstić information content (AvgIpc) is 3.43. The highest BCUT2D eigenvalue weighted by atomic mass is 127. The number of fused-ring (bicyclic) bond motifs is 1. The Morgan fingerprint density at radius 3 is 2.69 bits per heavy atom. The van der Waals surface area contributed by atoms with Gasteiger partial charge in [0, 0.05) is 42.6 Å². The molecular weight excluding hydrogens is 483 g/mol. The Morgan fingerprint density at radius 1 is 1.31 bits per heavy atom. The number of primary amides is 1. The largest absolute Gasteiger partial charge is 1.00 e. The summed E-state index contributed by atoms with van der Waals surface area (Å²) in [7, 11) is 2.25. The summed E-state index contributed by atoms with van der Waals surface area (Å²) in [5.41, 5.74) is 5.23. The van der Waals surface area contributed by atoms with Crippen LogP contribution >= 0.6 is 0 Å². The van der Waals surface area contributed by atoms with Gasteiger partial charge >= 0.3 is 0 Å². The van der Waals surface area contributed by atoms with Gasteiger partial charge in [-0.05, 0) is 30.9 Å². The third-order valence-electron chi connectivity index (χ3n) is 8.26. The molecule has 4 atom stereocenters. The number of ketones is 1. The molecule has 1 heterocycles. The number of rotatable bonds is 3. The summed E-state index contributed by atoms with van der Waals surface area (Å²) in [5.74, 6) is 0.0429.